The van der Waals surface area contributed by atoms with Crippen LogP contribution in [0.25, 0.3) is 0 Å². The zero-order valence-electron chi connectivity index (χ0n) is 25.0. The molecule has 0 aliphatic carbocycles. The first-order valence-electron chi connectivity index (χ1n) is 16.2. The van der Waals surface area contributed by atoms with Crippen LogP contribution < -0.4 is 16.0 Å². The maximum Gasteiger partial charge on any atom is 0.410 e. The van der Waals surface area contributed by atoms with Crippen LogP contribution in [0, 0.1) is 11.8 Å². The first-order valence-corrected chi connectivity index (χ1v) is 16.2. The van der Waals surface area contributed by atoms with Gasteiger partial charge in [0.2, 0.25) is 17.7 Å². The van der Waals surface area contributed by atoms with E-state index in [0.29, 0.717) is 64.6 Å². The van der Waals surface area contributed by atoms with E-state index in [1.165, 1.54) is 0 Å². The summed E-state index contributed by atoms with van der Waals surface area (Å²) >= 11 is 0. The number of piperidine rings is 2. The molecule has 0 spiro atoms. The third kappa shape index (κ3) is 7.15. The smallest absolute Gasteiger partial charge is 0.410 e. The van der Waals surface area contributed by atoms with Crippen molar-refractivity contribution in [2.45, 2.75) is 82.1 Å². The van der Waals surface area contributed by atoms with Gasteiger partial charge in [-0.2, -0.15) is 0 Å². The number of rotatable bonds is 2. The van der Waals surface area contributed by atoms with Crippen LogP contribution in [0.1, 0.15) is 56.9 Å². The summed E-state index contributed by atoms with van der Waals surface area (Å²) in [6.07, 6.45) is 5.74. The van der Waals surface area contributed by atoms with Crippen LogP contribution in [-0.4, -0.2) is 108 Å². The predicted octanol–water partition coefficient (Wildman–Crippen LogP) is 1.47. The van der Waals surface area contributed by atoms with Crippen LogP contribution in [-0.2, 0) is 25.7 Å². The van der Waals surface area contributed by atoms with Crippen molar-refractivity contribution in [3.63, 3.8) is 0 Å². The zero-order valence-corrected chi connectivity index (χ0v) is 25.0. The summed E-state index contributed by atoms with van der Waals surface area (Å²) in [4.78, 5) is 58.9. The maximum absolute atomic E-state index is 13.5. The van der Waals surface area contributed by atoms with Crippen molar-refractivity contribution in [3.05, 3.63) is 35.9 Å². The van der Waals surface area contributed by atoms with Gasteiger partial charge in [-0.1, -0.05) is 30.3 Å². The van der Waals surface area contributed by atoms with Gasteiger partial charge in [0.05, 0.1) is 12.1 Å². The normalized spacial score (nSPS) is 32.6. The second-order valence-electron chi connectivity index (χ2n) is 13.0. The molecule has 1 aromatic carbocycles. The number of nitrogens with one attached hydrogen (secondary N) is 3. The van der Waals surface area contributed by atoms with Crippen molar-refractivity contribution in [1.82, 2.24) is 30.7 Å². The minimum absolute atomic E-state index is 0.0644. The molecule has 0 aromatic heterocycles. The molecule has 0 saturated carbocycles. The Balaban J connectivity index is 1.13. The average molecular weight is 595 g/mol. The van der Waals surface area contributed by atoms with Gasteiger partial charge in [0.25, 0.3) is 0 Å². The molecule has 5 atom stereocenters. The number of carbonyl (C=O) groups excluding carboxylic acids is 4. The molecular weight excluding hydrogens is 548 g/mol. The Morgan fingerprint density at radius 1 is 0.907 bits per heavy atom. The highest BCUT2D eigenvalue weighted by atomic mass is 16.6. The van der Waals surface area contributed by atoms with Gasteiger partial charge in [-0.25, -0.2) is 4.79 Å². The molecule has 6 fully saturated rings. The molecule has 6 aliphatic rings. The Kier molecular flexibility index (Phi) is 9.47. The van der Waals surface area contributed by atoms with Gasteiger partial charge in [-0.3, -0.25) is 19.3 Å². The van der Waals surface area contributed by atoms with E-state index in [0.717, 1.165) is 44.2 Å². The lowest BCUT2D eigenvalue weighted by atomic mass is 9.80. The van der Waals surface area contributed by atoms with Gasteiger partial charge < -0.3 is 30.5 Å². The van der Waals surface area contributed by atoms with Crippen molar-refractivity contribution < 1.29 is 23.9 Å². The fourth-order valence-corrected chi connectivity index (χ4v) is 7.81. The summed E-state index contributed by atoms with van der Waals surface area (Å²) in [5.41, 5.74) is 0.942. The van der Waals surface area contributed by atoms with Crippen LogP contribution in [0.2, 0.25) is 0 Å². The number of amides is 4. The third-order valence-electron chi connectivity index (χ3n) is 10.3. The SMILES string of the molecule is O=C1NCC[C@H]2CN(C(=O)OCc3ccccc3)CC[C@H]2CC(=O)N2CCC(CC2)N2CCC[C@H]2C(=O)N[C@H]2CN[C@@H]1C2. The fraction of sp³-hybridized carbons (Fsp3) is 0.688. The van der Waals surface area contributed by atoms with Crippen LogP contribution in [0.4, 0.5) is 4.79 Å². The van der Waals surface area contributed by atoms with E-state index in [9.17, 15) is 19.2 Å². The van der Waals surface area contributed by atoms with E-state index >= 15 is 0 Å². The number of carbonyl (C=O) groups is 4. The van der Waals surface area contributed by atoms with E-state index in [1.807, 2.05) is 35.2 Å². The lowest BCUT2D eigenvalue weighted by molar-refractivity contribution is -0.135. The molecule has 234 valence electrons. The highest BCUT2D eigenvalue weighted by Gasteiger charge is 2.40. The molecule has 4 amide bonds. The Bertz CT molecular complexity index is 1160. The first-order chi connectivity index (χ1) is 20.9. The molecule has 11 nitrogen and oxygen atoms in total. The summed E-state index contributed by atoms with van der Waals surface area (Å²) in [6, 6.07) is 9.41. The molecular formula is C32H46N6O5. The quantitative estimate of drug-likeness (QED) is 0.474. The highest BCUT2D eigenvalue weighted by molar-refractivity contribution is 5.84. The summed E-state index contributed by atoms with van der Waals surface area (Å²) in [5.74, 6) is 0.395. The van der Waals surface area contributed by atoms with Crippen molar-refractivity contribution in [2.75, 3.05) is 45.8 Å². The minimum Gasteiger partial charge on any atom is -0.445 e. The molecule has 3 N–H and O–H groups in total. The molecule has 4 bridgehead atoms. The molecule has 0 radical (unpaired) electrons. The zero-order chi connectivity index (χ0) is 29.8. The van der Waals surface area contributed by atoms with E-state index in [1.54, 1.807) is 4.90 Å². The topological polar surface area (TPSA) is 123 Å². The van der Waals surface area contributed by atoms with E-state index in [2.05, 4.69) is 20.9 Å². The van der Waals surface area contributed by atoms with Gasteiger partial charge >= 0.3 is 6.09 Å². The van der Waals surface area contributed by atoms with E-state index < -0.39 is 0 Å². The van der Waals surface area contributed by atoms with Crippen LogP contribution in [0.15, 0.2) is 30.3 Å². The highest BCUT2D eigenvalue weighted by Crippen LogP contribution is 2.32. The van der Waals surface area contributed by atoms with Crippen molar-refractivity contribution in [3.8, 4) is 0 Å². The van der Waals surface area contributed by atoms with E-state index in [4.69, 9.17) is 4.74 Å². The third-order valence-corrected chi connectivity index (χ3v) is 10.3. The second kappa shape index (κ2) is 13.6. The van der Waals surface area contributed by atoms with Gasteiger partial charge in [-0.05, 0) is 68.9 Å². The molecule has 6 saturated heterocycles. The molecule has 11 heteroatoms. The predicted molar refractivity (Wildman–Crippen MR) is 160 cm³/mol. The van der Waals surface area contributed by atoms with Gasteiger partial charge in [0, 0.05) is 57.8 Å². The van der Waals surface area contributed by atoms with Crippen LogP contribution >= 0.6 is 0 Å². The number of fused-ring (bicyclic) bond motifs is 7. The summed E-state index contributed by atoms with van der Waals surface area (Å²) in [5, 5.41) is 9.58. The second-order valence-corrected chi connectivity index (χ2v) is 13.0. The van der Waals surface area contributed by atoms with Crippen LogP contribution in [0.3, 0.4) is 0 Å². The monoisotopic (exact) mass is 594 g/mol. The molecule has 6 aliphatic heterocycles. The lowest BCUT2D eigenvalue weighted by Gasteiger charge is -2.41. The summed E-state index contributed by atoms with van der Waals surface area (Å²) in [6.45, 7) is 4.70. The van der Waals surface area contributed by atoms with Crippen LogP contribution in [0.5, 0.6) is 0 Å². The Labute approximate surface area is 254 Å². The number of hydrogen-bond donors (Lipinski definition) is 3. The van der Waals surface area contributed by atoms with Crippen molar-refractivity contribution in [2.24, 2.45) is 11.8 Å². The molecule has 1 aromatic rings. The Hall–Kier alpha value is -3.18. The summed E-state index contributed by atoms with van der Waals surface area (Å²) in [7, 11) is 0. The number of hydrogen-bond acceptors (Lipinski definition) is 7. The molecule has 43 heavy (non-hydrogen) atoms. The van der Waals surface area contributed by atoms with E-state index in [-0.39, 0.29) is 60.4 Å². The Morgan fingerprint density at radius 2 is 1.72 bits per heavy atom. The van der Waals surface area contributed by atoms with Gasteiger partial charge in [-0.15, -0.1) is 0 Å². The van der Waals surface area contributed by atoms with Gasteiger partial charge in [0.1, 0.15) is 6.61 Å². The number of likely N-dealkylation sites (tertiary alicyclic amines) is 1. The standard InChI is InChI=1S/C32H46N6O5/c39-29-17-23-9-14-37(32(42)43-21-22-5-2-1-3-6-22)20-24(23)8-12-33-30(40)27-18-25(19-34-27)35-31(41)28-7-4-13-38(28)26-10-15-36(29)16-11-26/h1-3,5-6,23-28,34H,4,7-21H2,(H,33,40)(H,35,41)/t23-,24-,25+,27+,28-/m0/s1. The molecule has 7 rings (SSSR count). The number of ether oxygens (including phenoxy) is 1. The number of benzene rings is 1. The van der Waals surface area contributed by atoms with Crippen molar-refractivity contribution in [1.29, 1.82) is 0 Å². The van der Waals surface area contributed by atoms with Gasteiger partial charge in [0.15, 0.2) is 0 Å². The molecule has 6 heterocycles. The first kappa shape index (κ1) is 29.9. The average Bonchev–Trinajstić information content (AvgIpc) is 3.71. The lowest BCUT2D eigenvalue weighted by Crippen LogP contribution is -2.53. The fourth-order valence-electron chi connectivity index (χ4n) is 7.81. The Morgan fingerprint density at radius 3 is 2.53 bits per heavy atom. The molecule has 0 unspecified atom stereocenters. The van der Waals surface area contributed by atoms with Crippen molar-refractivity contribution >= 4 is 23.8 Å². The number of nitrogens with zero attached hydrogens (tertiary/aromatic N) is 3. The minimum atomic E-state index is -0.344. The largest absolute Gasteiger partial charge is 0.445 e. The summed E-state index contributed by atoms with van der Waals surface area (Å²) < 4.78 is 5.62. The maximum atomic E-state index is 13.5.